The van der Waals surface area contributed by atoms with Crippen molar-refractivity contribution in [2.24, 2.45) is 0 Å². The van der Waals surface area contributed by atoms with Crippen molar-refractivity contribution in [3.8, 4) is 0 Å². The van der Waals surface area contributed by atoms with Crippen molar-refractivity contribution >= 4 is 28.5 Å². The van der Waals surface area contributed by atoms with Gasteiger partial charge in [0.1, 0.15) is 5.58 Å². The van der Waals surface area contributed by atoms with Crippen LogP contribution in [0.25, 0.3) is 11.0 Å². The van der Waals surface area contributed by atoms with E-state index >= 15 is 0 Å². The topological polar surface area (TPSA) is 63.3 Å². The number of carboxylic acid groups (broad SMARTS) is 1. The van der Waals surface area contributed by atoms with Gasteiger partial charge in [-0.05, 0) is 11.6 Å². The van der Waals surface area contributed by atoms with E-state index in [-0.39, 0.29) is 10.9 Å². The number of aromatic carboxylic acids is 1. The Morgan fingerprint density at radius 1 is 1.54 bits per heavy atom. The van der Waals surface area contributed by atoms with Crippen LogP contribution < -0.4 is 0 Å². The molecule has 0 aromatic carbocycles. The van der Waals surface area contributed by atoms with Crippen molar-refractivity contribution in [3.63, 3.8) is 0 Å². The lowest BCUT2D eigenvalue weighted by Crippen LogP contribution is -1.98. The summed E-state index contributed by atoms with van der Waals surface area (Å²) >= 11 is 5.57. The van der Waals surface area contributed by atoms with Gasteiger partial charge in [-0.2, -0.15) is 0 Å². The minimum absolute atomic E-state index is 0.0569. The Labute approximate surface area is 77.8 Å². The van der Waals surface area contributed by atoms with Crippen molar-refractivity contribution in [2.75, 3.05) is 0 Å². The number of carbonyl (C=O) groups is 1. The Hall–Kier alpha value is -1.55. The molecule has 0 unspecified atom stereocenters. The molecule has 0 aliphatic heterocycles. The quantitative estimate of drug-likeness (QED) is 0.761. The first kappa shape index (κ1) is 8.07. The molecule has 0 fully saturated rings. The summed E-state index contributed by atoms with van der Waals surface area (Å²) in [6, 6.07) is 2.92. The third-order valence-corrected chi connectivity index (χ3v) is 1.78. The molecule has 5 heteroatoms. The second kappa shape index (κ2) is 2.74. The summed E-state index contributed by atoms with van der Waals surface area (Å²) in [5.74, 6) is -1.09. The van der Waals surface area contributed by atoms with Gasteiger partial charge in [0.25, 0.3) is 0 Å². The first-order chi connectivity index (χ1) is 6.16. The van der Waals surface area contributed by atoms with Crippen molar-refractivity contribution in [2.45, 2.75) is 0 Å². The Balaban J connectivity index is 2.67. The monoisotopic (exact) mass is 197 g/mol. The summed E-state index contributed by atoms with van der Waals surface area (Å²) in [4.78, 5) is 14.2. The predicted molar refractivity (Wildman–Crippen MR) is 46.0 cm³/mol. The van der Waals surface area contributed by atoms with E-state index in [0.29, 0.717) is 11.0 Å². The molecule has 2 aromatic heterocycles. The van der Waals surface area contributed by atoms with Gasteiger partial charge < -0.3 is 9.52 Å². The molecule has 2 rings (SSSR count). The van der Waals surface area contributed by atoms with E-state index in [1.54, 1.807) is 6.07 Å². The molecule has 1 N–H and O–H groups in total. The van der Waals surface area contributed by atoms with Gasteiger partial charge in [0, 0.05) is 23.7 Å². The lowest BCUT2D eigenvalue weighted by molar-refractivity contribution is 0.0690. The van der Waals surface area contributed by atoms with Gasteiger partial charge in [0.15, 0.2) is 10.9 Å². The van der Waals surface area contributed by atoms with Gasteiger partial charge in [-0.1, -0.05) is 0 Å². The van der Waals surface area contributed by atoms with Gasteiger partial charge in [-0.3, -0.25) is 0 Å². The van der Waals surface area contributed by atoms with E-state index in [9.17, 15) is 4.79 Å². The lowest BCUT2D eigenvalue weighted by Gasteiger charge is -1.91. The van der Waals surface area contributed by atoms with Crippen LogP contribution in [0.4, 0.5) is 0 Å². The van der Waals surface area contributed by atoms with Gasteiger partial charge in [0.2, 0.25) is 0 Å². The number of halogens is 1. The van der Waals surface area contributed by atoms with Crippen LogP contribution in [0.2, 0.25) is 5.22 Å². The molecule has 0 saturated carbocycles. The molecule has 0 aliphatic carbocycles. The smallest absolute Gasteiger partial charge is 0.354 e. The van der Waals surface area contributed by atoms with Crippen LogP contribution in [0.3, 0.4) is 0 Å². The molecule has 4 nitrogen and oxygen atoms in total. The van der Waals surface area contributed by atoms with Gasteiger partial charge >= 0.3 is 5.97 Å². The zero-order valence-corrected chi connectivity index (χ0v) is 7.08. The number of rotatable bonds is 1. The highest BCUT2D eigenvalue weighted by atomic mass is 35.5. The van der Waals surface area contributed by atoms with Gasteiger partial charge in [-0.25, -0.2) is 9.78 Å². The Morgan fingerprint density at radius 3 is 3.00 bits per heavy atom. The molecule has 0 spiro atoms. The normalized spacial score (nSPS) is 10.5. The highest BCUT2D eigenvalue weighted by molar-refractivity contribution is 6.29. The number of pyridine rings is 1. The van der Waals surface area contributed by atoms with Crippen molar-refractivity contribution < 1.29 is 14.3 Å². The van der Waals surface area contributed by atoms with Crippen LogP contribution in [0, 0.1) is 0 Å². The average molecular weight is 198 g/mol. The SMILES string of the molecule is O=C(O)c1cc2oc(Cl)cc2cn1. The number of fused-ring (bicyclic) bond motifs is 1. The largest absolute Gasteiger partial charge is 0.477 e. The first-order valence-corrected chi connectivity index (χ1v) is 3.83. The summed E-state index contributed by atoms with van der Waals surface area (Å²) in [7, 11) is 0. The summed E-state index contributed by atoms with van der Waals surface area (Å²) < 4.78 is 5.02. The van der Waals surface area contributed by atoms with E-state index < -0.39 is 5.97 Å². The van der Waals surface area contributed by atoms with Crippen LogP contribution in [-0.4, -0.2) is 16.1 Å². The summed E-state index contributed by atoms with van der Waals surface area (Å²) in [6.07, 6.45) is 1.41. The number of hydrogen-bond acceptors (Lipinski definition) is 3. The first-order valence-electron chi connectivity index (χ1n) is 3.45. The zero-order chi connectivity index (χ0) is 9.42. The highest BCUT2D eigenvalue weighted by Crippen LogP contribution is 2.22. The fraction of sp³-hybridized carbons (Fsp3) is 0. The highest BCUT2D eigenvalue weighted by Gasteiger charge is 2.08. The van der Waals surface area contributed by atoms with Crippen LogP contribution in [-0.2, 0) is 0 Å². The predicted octanol–water partition coefficient (Wildman–Crippen LogP) is 2.18. The molecule has 0 aliphatic rings. The molecule has 2 heterocycles. The Kier molecular flexibility index (Phi) is 1.70. The number of hydrogen-bond donors (Lipinski definition) is 1. The molecule has 0 radical (unpaired) electrons. The van der Waals surface area contributed by atoms with Gasteiger partial charge in [0.05, 0.1) is 0 Å². The summed E-state index contributed by atoms with van der Waals surface area (Å²) in [5, 5.41) is 9.53. The van der Waals surface area contributed by atoms with Crippen molar-refractivity contribution in [1.29, 1.82) is 0 Å². The maximum absolute atomic E-state index is 10.5. The van der Waals surface area contributed by atoms with E-state index in [0.717, 1.165) is 0 Å². The summed E-state index contributed by atoms with van der Waals surface area (Å²) in [5.41, 5.74) is 0.371. The number of aromatic nitrogens is 1. The second-order valence-corrected chi connectivity index (χ2v) is 2.84. The average Bonchev–Trinajstić information content (AvgIpc) is 2.42. The van der Waals surface area contributed by atoms with Crippen LogP contribution in [0.5, 0.6) is 0 Å². The van der Waals surface area contributed by atoms with E-state index in [4.69, 9.17) is 21.1 Å². The Morgan fingerprint density at radius 2 is 2.31 bits per heavy atom. The van der Waals surface area contributed by atoms with E-state index in [2.05, 4.69) is 4.98 Å². The maximum atomic E-state index is 10.5. The third-order valence-electron chi connectivity index (χ3n) is 1.59. The van der Waals surface area contributed by atoms with Crippen molar-refractivity contribution in [3.05, 3.63) is 29.2 Å². The zero-order valence-electron chi connectivity index (χ0n) is 6.32. The number of nitrogens with zero attached hydrogens (tertiary/aromatic N) is 1. The maximum Gasteiger partial charge on any atom is 0.354 e. The molecular formula is C8H4ClNO3. The fourth-order valence-corrected chi connectivity index (χ4v) is 1.22. The van der Waals surface area contributed by atoms with Crippen LogP contribution in [0.1, 0.15) is 10.5 Å². The number of furan rings is 1. The van der Waals surface area contributed by atoms with Crippen LogP contribution in [0.15, 0.2) is 22.7 Å². The minimum Gasteiger partial charge on any atom is -0.477 e. The molecule has 0 saturated heterocycles. The molecule has 0 bridgehead atoms. The van der Waals surface area contributed by atoms with Crippen LogP contribution >= 0.6 is 11.6 Å². The summed E-state index contributed by atoms with van der Waals surface area (Å²) in [6.45, 7) is 0. The van der Waals surface area contributed by atoms with Gasteiger partial charge in [-0.15, -0.1) is 0 Å². The lowest BCUT2D eigenvalue weighted by atomic mass is 10.3. The number of carboxylic acids is 1. The molecule has 66 valence electrons. The van der Waals surface area contributed by atoms with Crippen molar-refractivity contribution in [1.82, 2.24) is 4.98 Å². The fourth-order valence-electron chi connectivity index (χ4n) is 1.02. The molecule has 0 atom stereocenters. The van der Waals surface area contributed by atoms with E-state index in [1.807, 2.05) is 0 Å². The second-order valence-electron chi connectivity index (χ2n) is 2.46. The minimum atomic E-state index is -1.09. The molecule has 0 amide bonds. The standard InChI is InChI=1S/C8H4ClNO3/c9-7-1-4-3-10-5(8(11)12)2-6(4)13-7/h1-3H,(H,11,12). The van der Waals surface area contributed by atoms with E-state index in [1.165, 1.54) is 12.3 Å². The molecule has 2 aromatic rings. The molecular weight excluding hydrogens is 194 g/mol. The Bertz CT molecular complexity index is 477. The molecule has 13 heavy (non-hydrogen) atoms. The third kappa shape index (κ3) is 1.36.